The molecule has 10 heteroatoms. The first-order valence-electron chi connectivity index (χ1n) is 9.88. The molecule has 1 N–H and O–H groups in total. The van der Waals surface area contributed by atoms with Gasteiger partial charge in [-0.25, -0.2) is 4.39 Å². The molecule has 0 aliphatic heterocycles. The van der Waals surface area contributed by atoms with E-state index in [1.165, 1.54) is 24.5 Å². The van der Waals surface area contributed by atoms with Gasteiger partial charge in [-0.05, 0) is 54.4 Å². The Balaban J connectivity index is 1.59. The van der Waals surface area contributed by atoms with Gasteiger partial charge in [0, 0.05) is 5.56 Å². The molecule has 33 heavy (non-hydrogen) atoms. The number of benzene rings is 2. The van der Waals surface area contributed by atoms with Crippen LogP contribution in [0, 0.1) is 5.82 Å². The molecule has 168 valence electrons. The topological polar surface area (TPSA) is 117 Å². The van der Waals surface area contributed by atoms with Gasteiger partial charge >= 0.3 is 0 Å². The molecule has 1 amide bonds. The molecule has 0 bridgehead atoms. The number of amides is 1. The first-order chi connectivity index (χ1) is 16.1. The summed E-state index contributed by atoms with van der Waals surface area (Å²) in [5, 5.41) is 10.4. The molecule has 4 aromatic rings. The van der Waals surface area contributed by atoms with Crippen LogP contribution in [0.4, 0.5) is 10.1 Å². The maximum absolute atomic E-state index is 14.5. The minimum atomic E-state index is -0.656. The molecule has 0 aliphatic rings. The molecular formula is C23H18FN3O6. The van der Waals surface area contributed by atoms with Crippen LogP contribution in [-0.2, 0) is 16.0 Å². The third-order valence-corrected chi connectivity index (χ3v) is 4.67. The van der Waals surface area contributed by atoms with Gasteiger partial charge < -0.3 is 23.6 Å². The van der Waals surface area contributed by atoms with Gasteiger partial charge in [-0.1, -0.05) is 13.0 Å². The van der Waals surface area contributed by atoms with Gasteiger partial charge in [0.25, 0.3) is 18.3 Å². The fourth-order valence-corrected chi connectivity index (χ4v) is 3.01. The van der Waals surface area contributed by atoms with E-state index >= 15 is 0 Å². The Labute approximate surface area is 187 Å². The molecule has 0 atom stereocenters. The molecule has 0 spiro atoms. The number of nitrogens with one attached hydrogen (secondary N) is 1. The summed E-state index contributed by atoms with van der Waals surface area (Å²) in [7, 11) is 0. The first kappa shape index (κ1) is 21.8. The average Bonchev–Trinajstić information content (AvgIpc) is 3.53. The number of hydrogen-bond acceptors (Lipinski definition) is 8. The number of furan rings is 1. The first-order valence-corrected chi connectivity index (χ1v) is 9.88. The predicted molar refractivity (Wildman–Crippen MR) is 114 cm³/mol. The van der Waals surface area contributed by atoms with Crippen LogP contribution in [0.5, 0.6) is 5.75 Å². The molecule has 0 fully saturated rings. The highest BCUT2D eigenvalue weighted by Crippen LogP contribution is 2.28. The zero-order valence-corrected chi connectivity index (χ0v) is 17.4. The Morgan fingerprint density at radius 1 is 1.15 bits per heavy atom. The molecule has 4 rings (SSSR count). The van der Waals surface area contributed by atoms with Gasteiger partial charge in [-0.2, -0.15) is 0 Å². The van der Waals surface area contributed by atoms with E-state index in [0.29, 0.717) is 17.7 Å². The number of anilines is 1. The van der Waals surface area contributed by atoms with E-state index in [2.05, 4.69) is 20.3 Å². The van der Waals surface area contributed by atoms with E-state index in [4.69, 9.17) is 13.6 Å². The number of aromatic nitrogens is 2. The quantitative estimate of drug-likeness (QED) is 0.225. The Bertz CT molecular complexity index is 1270. The molecule has 0 radical (unpaired) electrons. The number of carbonyl (C=O) groups is 2. The number of carbonyl (C=O) groups excluding carboxylic acids is 2. The second kappa shape index (κ2) is 9.77. The lowest BCUT2D eigenvalue weighted by Crippen LogP contribution is -2.16. The van der Waals surface area contributed by atoms with Crippen molar-refractivity contribution in [2.75, 3.05) is 12.1 Å². The van der Waals surface area contributed by atoms with Crippen LogP contribution in [0.2, 0.25) is 0 Å². The van der Waals surface area contributed by atoms with Crippen molar-refractivity contribution in [3.05, 3.63) is 71.7 Å². The smallest absolute Gasteiger partial charge is 0.295 e. The minimum Gasteiger partial charge on any atom is -0.459 e. The van der Waals surface area contributed by atoms with Crippen molar-refractivity contribution in [2.45, 2.75) is 13.3 Å². The van der Waals surface area contributed by atoms with E-state index in [9.17, 15) is 14.0 Å². The minimum absolute atomic E-state index is 0.0905. The highest BCUT2D eigenvalue weighted by atomic mass is 19.1. The monoisotopic (exact) mass is 451 g/mol. The van der Waals surface area contributed by atoms with Crippen molar-refractivity contribution < 1.29 is 32.3 Å². The van der Waals surface area contributed by atoms with Gasteiger partial charge in [-0.3, -0.25) is 9.59 Å². The van der Waals surface area contributed by atoms with Crippen LogP contribution >= 0.6 is 0 Å². The fourth-order valence-electron chi connectivity index (χ4n) is 3.01. The Hall–Kier alpha value is -4.47. The van der Waals surface area contributed by atoms with Crippen LogP contribution in [0.1, 0.15) is 22.8 Å². The predicted octanol–water partition coefficient (Wildman–Crippen LogP) is 4.46. The summed E-state index contributed by atoms with van der Waals surface area (Å²) in [4.78, 5) is 23.3. The normalized spacial score (nSPS) is 10.6. The maximum Gasteiger partial charge on any atom is 0.295 e. The van der Waals surface area contributed by atoms with Crippen molar-refractivity contribution in [3.63, 3.8) is 0 Å². The summed E-state index contributed by atoms with van der Waals surface area (Å²) < 4.78 is 35.2. The van der Waals surface area contributed by atoms with Crippen LogP contribution in [0.3, 0.4) is 0 Å². The average molecular weight is 451 g/mol. The van der Waals surface area contributed by atoms with E-state index in [1.807, 2.05) is 6.92 Å². The van der Waals surface area contributed by atoms with Crippen molar-refractivity contribution >= 4 is 18.1 Å². The summed E-state index contributed by atoms with van der Waals surface area (Å²) in [6.07, 6.45) is 2.14. The summed E-state index contributed by atoms with van der Waals surface area (Å²) >= 11 is 0. The maximum atomic E-state index is 14.5. The third-order valence-electron chi connectivity index (χ3n) is 4.67. The number of halogens is 1. The zero-order chi connectivity index (χ0) is 23.2. The van der Waals surface area contributed by atoms with Gasteiger partial charge in [0.2, 0.25) is 12.7 Å². The molecule has 9 nitrogen and oxygen atoms in total. The van der Waals surface area contributed by atoms with Crippen molar-refractivity contribution in [2.24, 2.45) is 0 Å². The van der Waals surface area contributed by atoms with Crippen LogP contribution in [0.15, 0.2) is 63.6 Å². The van der Waals surface area contributed by atoms with Crippen molar-refractivity contribution in [1.29, 1.82) is 0 Å². The Kier molecular flexibility index (Phi) is 6.44. The molecule has 0 aliphatic carbocycles. The molecule has 2 aromatic heterocycles. The number of aryl methyl sites for hydroxylation is 1. The lowest BCUT2D eigenvalue weighted by molar-refractivity contribution is -0.134. The molecule has 0 saturated carbocycles. The second-order valence-electron chi connectivity index (χ2n) is 6.75. The Morgan fingerprint density at radius 2 is 2.00 bits per heavy atom. The molecule has 0 saturated heterocycles. The van der Waals surface area contributed by atoms with E-state index in [0.717, 1.165) is 5.56 Å². The van der Waals surface area contributed by atoms with Gasteiger partial charge in [0.05, 0.1) is 17.5 Å². The standard InChI is InChI=1S/C23H18FN3O6/c1-2-14-5-8-19(32-13-30-12-28)16(10-14)21(29)25-18-11-15(6-7-17(18)24)22-26-27-23(33-22)20-4-3-9-31-20/h3-12H,2,13H2,1H3,(H,25,29). The molecule has 2 heterocycles. The van der Waals surface area contributed by atoms with Gasteiger partial charge in [0.15, 0.2) is 5.76 Å². The summed E-state index contributed by atoms with van der Waals surface area (Å²) in [6.45, 7) is 1.79. The highest BCUT2D eigenvalue weighted by Gasteiger charge is 2.18. The summed E-state index contributed by atoms with van der Waals surface area (Å²) in [5.41, 5.74) is 1.34. The highest BCUT2D eigenvalue weighted by molar-refractivity contribution is 6.06. The number of rotatable bonds is 9. The Morgan fingerprint density at radius 3 is 2.76 bits per heavy atom. The zero-order valence-electron chi connectivity index (χ0n) is 17.4. The number of hydrogen-bond donors (Lipinski definition) is 1. The van der Waals surface area contributed by atoms with E-state index in [1.54, 1.807) is 30.3 Å². The lowest BCUT2D eigenvalue weighted by atomic mass is 10.1. The van der Waals surface area contributed by atoms with Crippen molar-refractivity contribution in [1.82, 2.24) is 10.2 Å². The number of nitrogens with zero attached hydrogens (tertiary/aromatic N) is 2. The number of ether oxygens (including phenoxy) is 2. The van der Waals surface area contributed by atoms with E-state index < -0.39 is 11.7 Å². The van der Waals surface area contributed by atoms with E-state index in [-0.39, 0.29) is 42.0 Å². The molecular weight excluding hydrogens is 433 g/mol. The third kappa shape index (κ3) is 4.90. The van der Waals surface area contributed by atoms with Crippen molar-refractivity contribution in [3.8, 4) is 28.9 Å². The molecule has 2 aromatic carbocycles. The molecule has 0 unspecified atom stereocenters. The second-order valence-corrected chi connectivity index (χ2v) is 6.75. The summed E-state index contributed by atoms with van der Waals surface area (Å²) in [6, 6.07) is 12.4. The van der Waals surface area contributed by atoms with Crippen LogP contribution in [0.25, 0.3) is 23.1 Å². The van der Waals surface area contributed by atoms with Crippen LogP contribution < -0.4 is 10.1 Å². The fraction of sp³-hybridized carbons (Fsp3) is 0.130. The van der Waals surface area contributed by atoms with Gasteiger partial charge in [0.1, 0.15) is 11.6 Å². The SMILES string of the molecule is CCc1ccc(OCOC=O)c(C(=O)Nc2cc(-c3nnc(-c4ccco4)o3)ccc2F)c1. The van der Waals surface area contributed by atoms with Gasteiger partial charge in [-0.15, -0.1) is 10.2 Å². The lowest BCUT2D eigenvalue weighted by Gasteiger charge is -2.13. The summed E-state index contributed by atoms with van der Waals surface area (Å²) in [5.74, 6) is -0.393. The largest absolute Gasteiger partial charge is 0.459 e. The van der Waals surface area contributed by atoms with Crippen LogP contribution in [-0.4, -0.2) is 29.4 Å².